The van der Waals surface area contributed by atoms with Gasteiger partial charge in [0, 0.05) is 26.3 Å². The van der Waals surface area contributed by atoms with Crippen LogP contribution in [-0.2, 0) is 21.5 Å². The summed E-state index contributed by atoms with van der Waals surface area (Å²) in [6.45, 7) is 5.49. The van der Waals surface area contributed by atoms with Crippen molar-refractivity contribution >= 4 is 11.7 Å². The number of pyridine rings is 1. The summed E-state index contributed by atoms with van der Waals surface area (Å²) in [5.41, 5.74) is 0.449. The molecule has 0 aliphatic carbocycles. The Morgan fingerprint density at radius 1 is 1.46 bits per heavy atom. The number of nitrogens with one attached hydrogen (secondary N) is 1. The fraction of sp³-hybridized carbons (Fsp3) is 0.556. The first-order chi connectivity index (χ1) is 12.5. The summed E-state index contributed by atoms with van der Waals surface area (Å²) in [5.74, 6) is 0.899. The summed E-state index contributed by atoms with van der Waals surface area (Å²) in [5, 5.41) is 7.18. The van der Waals surface area contributed by atoms with E-state index >= 15 is 0 Å². The minimum absolute atomic E-state index is 0.0328. The lowest BCUT2D eigenvalue weighted by atomic mass is 10.0. The van der Waals surface area contributed by atoms with E-state index in [1.807, 2.05) is 37.9 Å². The molecule has 0 saturated carbocycles. The zero-order valence-electron chi connectivity index (χ0n) is 15.6. The molecule has 26 heavy (non-hydrogen) atoms. The van der Waals surface area contributed by atoms with Crippen molar-refractivity contribution in [3.05, 3.63) is 36.5 Å². The number of rotatable bonds is 6. The molecule has 1 saturated heterocycles. The molecule has 1 atom stereocenters. The highest BCUT2D eigenvalue weighted by molar-refractivity contribution is 5.83. The minimum Gasteiger partial charge on any atom is -0.375 e. The van der Waals surface area contributed by atoms with Gasteiger partial charge in [-0.05, 0) is 44.4 Å². The highest BCUT2D eigenvalue weighted by Crippen LogP contribution is 2.21. The maximum Gasteiger partial charge on any atom is 0.250 e. The number of carbonyl (C=O) groups is 1. The van der Waals surface area contributed by atoms with Gasteiger partial charge in [-0.1, -0.05) is 0 Å². The molecule has 0 unspecified atom stereocenters. The van der Waals surface area contributed by atoms with Crippen molar-refractivity contribution in [3.8, 4) is 0 Å². The van der Waals surface area contributed by atoms with Crippen molar-refractivity contribution in [3.63, 3.8) is 0 Å². The maximum atomic E-state index is 13.0. The molecule has 0 radical (unpaired) electrons. The molecule has 8 nitrogen and oxygen atoms in total. The third kappa shape index (κ3) is 4.01. The molecular formula is C18H26N6O2. The van der Waals surface area contributed by atoms with E-state index in [0.717, 1.165) is 18.7 Å². The average Bonchev–Trinajstić information content (AvgIpc) is 3.22. The molecule has 1 fully saturated rings. The van der Waals surface area contributed by atoms with Crippen molar-refractivity contribution in [2.75, 3.05) is 32.1 Å². The Hall–Kier alpha value is -2.48. The fourth-order valence-electron chi connectivity index (χ4n) is 3.15. The Kier molecular flexibility index (Phi) is 5.51. The monoisotopic (exact) mass is 358 g/mol. The SMILES string of the molecule is CNc1cc(CC[C@H]2CN(C(=O)C(C)(C)n3cncn3)CCO2)ccn1. The number of nitrogens with zero attached hydrogens (tertiary/aromatic N) is 5. The predicted molar refractivity (Wildman–Crippen MR) is 97.8 cm³/mol. The van der Waals surface area contributed by atoms with Crippen molar-refractivity contribution < 1.29 is 9.53 Å². The molecule has 0 aromatic carbocycles. The lowest BCUT2D eigenvalue weighted by molar-refractivity contribution is -0.147. The lowest BCUT2D eigenvalue weighted by Crippen LogP contribution is -2.53. The van der Waals surface area contributed by atoms with Crippen LogP contribution in [0.1, 0.15) is 25.8 Å². The molecule has 140 valence electrons. The van der Waals surface area contributed by atoms with Gasteiger partial charge in [0.2, 0.25) is 5.91 Å². The van der Waals surface area contributed by atoms with E-state index in [-0.39, 0.29) is 12.0 Å². The van der Waals surface area contributed by atoms with Crippen LogP contribution in [0, 0.1) is 0 Å². The molecular weight excluding hydrogens is 332 g/mol. The van der Waals surface area contributed by atoms with Crippen LogP contribution < -0.4 is 5.32 Å². The Morgan fingerprint density at radius 2 is 2.31 bits per heavy atom. The number of ether oxygens (including phenoxy) is 1. The van der Waals surface area contributed by atoms with Gasteiger partial charge in [0.25, 0.3) is 0 Å². The van der Waals surface area contributed by atoms with Crippen LogP contribution >= 0.6 is 0 Å². The molecule has 0 bridgehead atoms. The number of morpholine rings is 1. The largest absolute Gasteiger partial charge is 0.375 e. The smallest absolute Gasteiger partial charge is 0.250 e. The van der Waals surface area contributed by atoms with Crippen molar-refractivity contribution in [2.45, 2.75) is 38.3 Å². The molecule has 8 heteroatoms. The van der Waals surface area contributed by atoms with Crippen LogP contribution in [0.4, 0.5) is 5.82 Å². The number of anilines is 1. The molecule has 3 rings (SSSR count). The van der Waals surface area contributed by atoms with E-state index in [2.05, 4.69) is 20.4 Å². The molecule has 2 aromatic rings. The van der Waals surface area contributed by atoms with Crippen molar-refractivity contribution in [1.29, 1.82) is 0 Å². The fourth-order valence-corrected chi connectivity index (χ4v) is 3.15. The van der Waals surface area contributed by atoms with Gasteiger partial charge in [-0.25, -0.2) is 14.6 Å². The summed E-state index contributed by atoms with van der Waals surface area (Å²) in [6, 6.07) is 4.06. The highest BCUT2D eigenvalue weighted by atomic mass is 16.5. The first-order valence-electron chi connectivity index (χ1n) is 8.89. The second-order valence-electron chi connectivity index (χ2n) is 6.98. The van der Waals surface area contributed by atoms with E-state index < -0.39 is 5.54 Å². The van der Waals surface area contributed by atoms with E-state index in [9.17, 15) is 4.79 Å². The van der Waals surface area contributed by atoms with Gasteiger partial charge in [0.1, 0.15) is 24.0 Å². The Bertz CT molecular complexity index is 731. The minimum atomic E-state index is -0.759. The highest BCUT2D eigenvalue weighted by Gasteiger charge is 2.36. The quantitative estimate of drug-likeness (QED) is 0.838. The van der Waals surface area contributed by atoms with Crippen LogP contribution in [0.25, 0.3) is 0 Å². The zero-order chi connectivity index (χ0) is 18.6. The van der Waals surface area contributed by atoms with Crippen molar-refractivity contribution in [2.24, 2.45) is 0 Å². The number of carbonyl (C=O) groups excluding carboxylic acids is 1. The molecule has 1 aliphatic rings. The number of aryl methyl sites for hydroxylation is 1. The van der Waals surface area contributed by atoms with Crippen molar-refractivity contribution in [1.82, 2.24) is 24.6 Å². The maximum absolute atomic E-state index is 13.0. The van der Waals surface area contributed by atoms with E-state index in [1.165, 1.54) is 11.9 Å². The first kappa shape index (κ1) is 18.3. The van der Waals surface area contributed by atoms with Gasteiger partial charge in [-0.3, -0.25) is 4.79 Å². The van der Waals surface area contributed by atoms with Crippen LogP contribution in [0.5, 0.6) is 0 Å². The average molecular weight is 358 g/mol. The lowest BCUT2D eigenvalue weighted by Gasteiger charge is -2.37. The number of hydrogen-bond acceptors (Lipinski definition) is 6. The molecule has 1 amide bonds. The summed E-state index contributed by atoms with van der Waals surface area (Å²) in [6.07, 6.45) is 6.62. The Morgan fingerprint density at radius 3 is 3.04 bits per heavy atom. The number of amides is 1. The zero-order valence-corrected chi connectivity index (χ0v) is 15.6. The molecule has 1 N–H and O–H groups in total. The molecule has 1 aliphatic heterocycles. The van der Waals surface area contributed by atoms with Gasteiger partial charge >= 0.3 is 0 Å². The summed E-state index contributed by atoms with van der Waals surface area (Å²) in [4.78, 5) is 23.0. The standard InChI is InChI=1S/C18H26N6O2/c1-18(2,24-13-20-12-22-24)17(25)23-8-9-26-15(11-23)5-4-14-6-7-21-16(10-14)19-3/h6-7,10,12-13,15H,4-5,8-9,11H2,1-3H3,(H,19,21)/t15-/m0/s1. The molecule has 2 aromatic heterocycles. The first-order valence-corrected chi connectivity index (χ1v) is 8.89. The van der Waals surface area contributed by atoms with Crippen LogP contribution in [0.15, 0.2) is 31.0 Å². The van der Waals surface area contributed by atoms with Crippen LogP contribution in [0.3, 0.4) is 0 Å². The van der Waals surface area contributed by atoms with E-state index in [4.69, 9.17) is 4.74 Å². The Balaban J connectivity index is 1.59. The second-order valence-corrected chi connectivity index (χ2v) is 6.98. The summed E-state index contributed by atoms with van der Waals surface area (Å²) < 4.78 is 7.49. The predicted octanol–water partition coefficient (Wildman–Crippen LogP) is 1.31. The molecule has 0 spiro atoms. The van der Waals surface area contributed by atoms with Gasteiger partial charge in [-0.15, -0.1) is 0 Å². The van der Waals surface area contributed by atoms with E-state index in [1.54, 1.807) is 17.2 Å². The second kappa shape index (κ2) is 7.82. The third-order valence-electron chi connectivity index (χ3n) is 4.78. The summed E-state index contributed by atoms with van der Waals surface area (Å²) >= 11 is 0. The van der Waals surface area contributed by atoms with Gasteiger partial charge in [0.05, 0.1) is 12.7 Å². The Labute approximate surface area is 153 Å². The van der Waals surface area contributed by atoms with E-state index in [0.29, 0.717) is 19.7 Å². The van der Waals surface area contributed by atoms with Gasteiger partial charge in [-0.2, -0.15) is 5.10 Å². The number of hydrogen-bond donors (Lipinski definition) is 1. The third-order valence-corrected chi connectivity index (χ3v) is 4.78. The number of aromatic nitrogens is 4. The topological polar surface area (TPSA) is 85.2 Å². The summed E-state index contributed by atoms with van der Waals surface area (Å²) in [7, 11) is 1.86. The van der Waals surface area contributed by atoms with Gasteiger partial charge in [0.15, 0.2) is 0 Å². The van der Waals surface area contributed by atoms with Crippen LogP contribution in [0.2, 0.25) is 0 Å². The molecule has 3 heterocycles. The normalized spacial score (nSPS) is 18.0. The van der Waals surface area contributed by atoms with Crippen LogP contribution in [-0.4, -0.2) is 63.4 Å². The van der Waals surface area contributed by atoms with Gasteiger partial charge < -0.3 is 15.0 Å².